The molecule has 0 unspecified atom stereocenters. The molecular formula is C14H19NO4. The van der Waals surface area contributed by atoms with Crippen LogP contribution < -0.4 is 14.8 Å². The molecule has 0 aromatic heterocycles. The van der Waals surface area contributed by atoms with Gasteiger partial charge in [-0.3, -0.25) is 9.59 Å². The Bertz CT molecular complexity index is 483. The fourth-order valence-corrected chi connectivity index (χ4v) is 1.86. The van der Waals surface area contributed by atoms with Crippen LogP contribution in [0.3, 0.4) is 0 Å². The van der Waals surface area contributed by atoms with Gasteiger partial charge < -0.3 is 14.8 Å². The van der Waals surface area contributed by atoms with E-state index in [0.717, 1.165) is 16.9 Å². The Labute approximate surface area is 112 Å². The molecular weight excluding hydrogens is 246 g/mol. The minimum Gasteiger partial charge on any atom is -0.496 e. The van der Waals surface area contributed by atoms with Gasteiger partial charge in [-0.15, -0.1) is 0 Å². The summed E-state index contributed by atoms with van der Waals surface area (Å²) in [5.74, 6) is 0.969. The number of ketones is 1. The van der Waals surface area contributed by atoms with E-state index in [-0.39, 0.29) is 18.1 Å². The Hall–Kier alpha value is -2.04. The Kier molecular flexibility index (Phi) is 5.36. The Morgan fingerprint density at radius 2 is 1.89 bits per heavy atom. The summed E-state index contributed by atoms with van der Waals surface area (Å²) in [7, 11) is 3.17. The number of nitrogens with one attached hydrogen (secondary N) is 1. The van der Waals surface area contributed by atoms with Crippen molar-refractivity contribution in [3.8, 4) is 11.5 Å². The highest BCUT2D eigenvalue weighted by Crippen LogP contribution is 2.31. The van der Waals surface area contributed by atoms with Gasteiger partial charge in [0.15, 0.2) is 0 Å². The summed E-state index contributed by atoms with van der Waals surface area (Å²) in [6.07, 6.45) is -0.0997. The third kappa shape index (κ3) is 3.98. The van der Waals surface area contributed by atoms with Crippen molar-refractivity contribution in [3.63, 3.8) is 0 Å². The van der Waals surface area contributed by atoms with Crippen LogP contribution in [-0.4, -0.2) is 25.9 Å². The summed E-state index contributed by atoms with van der Waals surface area (Å²) in [5, 5.41) is 2.69. The number of amides is 1. The van der Waals surface area contributed by atoms with Crippen LogP contribution in [0.4, 0.5) is 0 Å². The molecule has 0 atom stereocenters. The topological polar surface area (TPSA) is 64.6 Å². The van der Waals surface area contributed by atoms with Gasteiger partial charge in [0.05, 0.1) is 20.6 Å². The van der Waals surface area contributed by atoms with Crippen LogP contribution in [0.1, 0.15) is 24.5 Å². The molecule has 1 aromatic rings. The highest BCUT2D eigenvalue weighted by atomic mass is 16.5. The fourth-order valence-electron chi connectivity index (χ4n) is 1.86. The van der Waals surface area contributed by atoms with Crippen molar-refractivity contribution >= 4 is 11.7 Å². The summed E-state index contributed by atoms with van der Waals surface area (Å²) in [6.45, 7) is 3.59. The monoisotopic (exact) mass is 265 g/mol. The lowest BCUT2D eigenvalue weighted by atomic mass is 10.1. The van der Waals surface area contributed by atoms with E-state index in [1.807, 2.05) is 19.1 Å². The normalized spacial score (nSPS) is 9.89. The van der Waals surface area contributed by atoms with Crippen molar-refractivity contribution < 1.29 is 19.1 Å². The lowest BCUT2D eigenvalue weighted by molar-refractivity contribution is -0.127. The third-order valence-electron chi connectivity index (χ3n) is 2.75. The Balaban J connectivity index is 2.81. The number of carbonyl (C=O) groups is 2. The van der Waals surface area contributed by atoms with E-state index in [9.17, 15) is 9.59 Å². The van der Waals surface area contributed by atoms with Crippen LogP contribution in [0.25, 0.3) is 0 Å². The van der Waals surface area contributed by atoms with E-state index in [1.165, 1.54) is 6.92 Å². The molecule has 5 heteroatoms. The summed E-state index contributed by atoms with van der Waals surface area (Å²) >= 11 is 0. The molecule has 0 saturated carbocycles. The molecule has 1 rings (SSSR count). The first-order valence-corrected chi connectivity index (χ1v) is 5.96. The zero-order valence-electron chi connectivity index (χ0n) is 11.7. The van der Waals surface area contributed by atoms with Gasteiger partial charge in [0.1, 0.15) is 17.3 Å². The number of hydrogen-bond donors (Lipinski definition) is 1. The maximum absolute atomic E-state index is 11.4. The molecule has 0 aliphatic rings. The molecule has 0 fully saturated rings. The van der Waals surface area contributed by atoms with Crippen molar-refractivity contribution in [2.45, 2.75) is 26.8 Å². The first kappa shape index (κ1) is 15.0. The van der Waals surface area contributed by atoms with Crippen LogP contribution in [0.15, 0.2) is 12.1 Å². The van der Waals surface area contributed by atoms with E-state index < -0.39 is 0 Å². The minimum absolute atomic E-state index is 0.0997. The van der Waals surface area contributed by atoms with E-state index in [1.54, 1.807) is 14.2 Å². The molecule has 104 valence electrons. The van der Waals surface area contributed by atoms with Crippen LogP contribution in [0.5, 0.6) is 11.5 Å². The largest absolute Gasteiger partial charge is 0.496 e. The molecule has 0 aliphatic carbocycles. The van der Waals surface area contributed by atoms with Gasteiger partial charge in [0, 0.05) is 17.7 Å². The first-order valence-electron chi connectivity index (χ1n) is 5.96. The van der Waals surface area contributed by atoms with Gasteiger partial charge in [-0.1, -0.05) is 0 Å². The van der Waals surface area contributed by atoms with Crippen molar-refractivity contribution in [1.29, 1.82) is 0 Å². The number of methoxy groups -OCH3 is 2. The number of benzene rings is 1. The maximum Gasteiger partial charge on any atom is 0.227 e. The molecule has 0 heterocycles. The molecule has 0 radical (unpaired) electrons. The van der Waals surface area contributed by atoms with Crippen LogP contribution in [0.2, 0.25) is 0 Å². The standard InChI is InChI=1S/C14H19NO4/c1-9(16)7-13(17)15-8-11-5-6-12(18-3)10(2)14(11)19-4/h5-6H,7-8H2,1-4H3,(H,15,17). The molecule has 1 N–H and O–H groups in total. The molecule has 1 amide bonds. The molecule has 0 aliphatic heterocycles. The SMILES string of the molecule is COc1ccc(CNC(=O)CC(C)=O)c(OC)c1C. The van der Waals surface area contributed by atoms with E-state index in [4.69, 9.17) is 9.47 Å². The number of ether oxygens (including phenoxy) is 2. The van der Waals surface area contributed by atoms with Crippen LogP contribution in [0, 0.1) is 6.92 Å². The van der Waals surface area contributed by atoms with E-state index in [2.05, 4.69) is 5.32 Å². The molecule has 0 spiro atoms. The second-order valence-corrected chi connectivity index (χ2v) is 4.24. The third-order valence-corrected chi connectivity index (χ3v) is 2.75. The zero-order valence-corrected chi connectivity index (χ0v) is 11.7. The second kappa shape index (κ2) is 6.78. The average molecular weight is 265 g/mol. The minimum atomic E-state index is -0.289. The van der Waals surface area contributed by atoms with Gasteiger partial charge in [-0.05, 0) is 26.0 Å². The second-order valence-electron chi connectivity index (χ2n) is 4.24. The van der Waals surface area contributed by atoms with Gasteiger partial charge in [0.25, 0.3) is 0 Å². The highest BCUT2D eigenvalue weighted by molar-refractivity contribution is 5.96. The van der Waals surface area contributed by atoms with E-state index in [0.29, 0.717) is 12.3 Å². The quantitative estimate of drug-likeness (QED) is 0.794. The van der Waals surface area contributed by atoms with Gasteiger partial charge >= 0.3 is 0 Å². The lowest BCUT2D eigenvalue weighted by Crippen LogP contribution is -2.24. The zero-order chi connectivity index (χ0) is 14.4. The number of carbonyl (C=O) groups excluding carboxylic acids is 2. The van der Waals surface area contributed by atoms with Crippen LogP contribution >= 0.6 is 0 Å². The number of hydrogen-bond acceptors (Lipinski definition) is 4. The summed E-state index contributed by atoms with van der Waals surface area (Å²) in [4.78, 5) is 22.3. The predicted molar refractivity (Wildman–Crippen MR) is 71.4 cm³/mol. The van der Waals surface area contributed by atoms with Crippen molar-refractivity contribution in [1.82, 2.24) is 5.32 Å². The fraction of sp³-hybridized carbons (Fsp3) is 0.429. The van der Waals surface area contributed by atoms with Crippen LogP contribution in [-0.2, 0) is 16.1 Å². The smallest absolute Gasteiger partial charge is 0.227 e. The number of Topliss-reactive ketones (excluding diaryl/α,β-unsaturated/α-hetero) is 1. The maximum atomic E-state index is 11.4. The summed E-state index contributed by atoms with van der Waals surface area (Å²) in [6, 6.07) is 3.66. The molecule has 1 aromatic carbocycles. The molecule has 0 saturated heterocycles. The Morgan fingerprint density at radius 1 is 1.21 bits per heavy atom. The van der Waals surface area contributed by atoms with Gasteiger partial charge in [-0.2, -0.15) is 0 Å². The van der Waals surface area contributed by atoms with Crippen molar-refractivity contribution in [3.05, 3.63) is 23.3 Å². The van der Waals surface area contributed by atoms with E-state index >= 15 is 0 Å². The predicted octanol–water partition coefficient (Wildman–Crippen LogP) is 1.61. The number of rotatable bonds is 6. The van der Waals surface area contributed by atoms with Gasteiger partial charge in [0.2, 0.25) is 5.91 Å². The highest BCUT2D eigenvalue weighted by Gasteiger charge is 2.12. The molecule has 5 nitrogen and oxygen atoms in total. The first-order chi connectivity index (χ1) is 8.99. The van der Waals surface area contributed by atoms with Crippen molar-refractivity contribution in [2.75, 3.05) is 14.2 Å². The van der Waals surface area contributed by atoms with Crippen molar-refractivity contribution in [2.24, 2.45) is 0 Å². The lowest BCUT2D eigenvalue weighted by Gasteiger charge is -2.14. The average Bonchev–Trinajstić information content (AvgIpc) is 2.35. The molecule has 19 heavy (non-hydrogen) atoms. The van der Waals surface area contributed by atoms with Gasteiger partial charge in [-0.25, -0.2) is 0 Å². The summed E-state index contributed by atoms with van der Waals surface area (Å²) < 4.78 is 10.5. The Morgan fingerprint density at radius 3 is 2.42 bits per heavy atom. The molecule has 0 bridgehead atoms. The summed E-state index contributed by atoms with van der Waals surface area (Å²) in [5.41, 5.74) is 1.72.